The van der Waals surface area contributed by atoms with Crippen LogP contribution in [0, 0.1) is 0 Å². The van der Waals surface area contributed by atoms with Crippen LogP contribution in [0.25, 0.3) is 0 Å². The van der Waals surface area contributed by atoms with Crippen molar-refractivity contribution in [1.82, 2.24) is 15.1 Å². The summed E-state index contributed by atoms with van der Waals surface area (Å²) in [6, 6.07) is 19.1. The van der Waals surface area contributed by atoms with Crippen molar-refractivity contribution in [1.29, 1.82) is 0 Å². The molecule has 43 heavy (non-hydrogen) atoms. The first-order valence-corrected chi connectivity index (χ1v) is 15.7. The molecule has 8 nitrogen and oxygen atoms in total. The first-order chi connectivity index (χ1) is 21.0. The molecule has 3 aromatic rings. The summed E-state index contributed by atoms with van der Waals surface area (Å²) < 4.78 is 11.8. The quantitative estimate of drug-likeness (QED) is 0.375. The monoisotopic (exact) mass is 602 g/mol. The standard InChI is InChI=1S/C34H39ClN4O4/c1-3-42-29-20-23-12-14-39-32(28(23)22-30(29)43-4-2)31(26-10-5-6-11-27(26)34(39)41)33(40)36-13-15-37-16-18-38(19-17-37)25-9-7-8-24(35)21-25/h5-11,20-22,31-32H,3-4,12-19H2,1-2H3,(H,36,40)/t31-,32+/m1/s1. The zero-order valence-corrected chi connectivity index (χ0v) is 25.6. The Kier molecular flexibility index (Phi) is 8.77. The van der Waals surface area contributed by atoms with Crippen LogP contribution >= 0.6 is 11.6 Å². The van der Waals surface area contributed by atoms with Crippen molar-refractivity contribution in [3.63, 3.8) is 0 Å². The number of hydrogen-bond acceptors (Lipinski definition) is 6. The van der Waals surface area contributed by atoms with Gasteiger partial charge in [-0.05, 0) is 73.4 Å². The second-order valence-corrected chi connectivity index (χ2v) is 11.7. The van der Waals surface area contributed by atoms with Crippen molar-refractivity contribution >= 4 is 29.1 Å². The van der Waals surface area contributed by atoms with Gasteiger partial charge >= 0.3 is 0 Å². The van der Waals surface area contributed by atoms with Crippen LogP contribution in [-0.2, 0) is 11.2 Å². The molecule has 1 saturated heterocycles. The number of halogens is 1. The Morgan fingerprint density at radius 3 is 2.40 bits per heavy atom. The Bertz CT molecular complexity index is 1490. The van der Waals surface area contributed by atoms with E-state index in [1.54, 1.807) is 0 Å². The van der Waals surface area contributed by atoms with Gasteiger partial charge in [0.2, 0.25) is 5.91 Å². The van der Waals surface area contributed by atoms with E-state index in [-0.39, 0.29) is 11.8 Å². The first-order valence-electron chi connectivity index (χ1n) is 15.3. The zero-order valence-electron chi connectivity index (χ0n) is 24.9. The summed E-state index contributed by atoms with van der Waals surface area (Å²) in [5.74, 6) is 0.731. The van der Waals surface area contributed by atoms with Crippen molar-refractivity contribution in [2.75, 3.05) is 63.9 Å². The molecule has 226 valence electrons. The fourth-order valence-corrected chi connectivity index (χ4v) is 6.89. The highest BCUT2D eigenvalue weighted by molar-refractivity contribution is 6.30. The lowest BCUT2D eigenvalue weighted by Crippen LogP contribution is -2.51. The Labute approximate surface area is 258 Å². The molecular formula is C34H39ClN4O4. The molecule has 3 aliphatic rings. The van der Waals surface area contributed by atoms with Gasteiger partial charge in [0.1, 0.15) is 0 Å². The molecule has 2 atom stereocenters. The second-order valence-electron chi connectivity index (χ2n) is 11.2. The first kappa shape index (κ1) is 29.3. The summed E-state index contributed by atoms with van der Waals surface area (Å²) in [5, 5.41) is 3.98. The molecule has 0 saturated carbocycles. The third-order valence-electron chi connectivity index (χ3n) is 8.74. The van der Waals surface area contributed by atoms with Crippen molar-refractivity contribution in [2.45, 2.75) is 32.2 Å². The molecule has 0 aliphatic carbocycles. The number of benzene rings is 3. The molecule has 6 rings (SSSR count). The number of anilines is 1. The molecule has 3 aromatic carbocycles. The highest BCUT2D eigenvalue weighted by atomic mass is 35.5. The topological polar surface area (TPSA) is 74.4 Å². The summed E-state index contributed by atoms with van der Waals surface area (Å²) in [7, 11) is 0. The number of carbonyl (C=O) groups is 2. The summed E-state index contributed by atoms with van der Waals surface area (Å²) in [6.45, 7) is 10.4. The predicted molar refractivity (Wildman–Crippen MR) is 169 cm³/mol. The number of rotatable bonds is 9. The lowest BCUT2D eigenvalue weighted by Gasteiger charge is -2.45. The number of nitrogens with one attached hydrogen (secondary N) is 1. The number of nitrogens with zero attached hydrogens (tertiary/aromatic N) is 3. The van der Waals surface area contributed by atoms with Crippen LogP contribution in [-0.4, -0.2) is 80.6 Å². The molecule has 0 aromatic heterocycles. The van der Waals surface area contributed by atoms with Crippen LogP contribution in [0.2, 0.25) is 5.02 Å². The van der Waals surface area contributed by atoms with Gasteiger partial charge in [0.25, 0.3) is 5.91 Å². The van der Waals surface area contributed by atoms with Gasteiger partial charge in [-0.3, -0.25) is 14.5 Å². The average molecular weight is 603 g/mol. The minimum Gasteiger partial charge on any atom is -0.490 e. The summed E-state index contributed by atoms with van der Waals surface area (Å²) >= 11 is 6.20. The number of hydrogen-bond donors (Lipinski definition) is 1. The summed E-state index contributed by atoms with van der Waals surface area (Å²) in [6.07, 6.45) is 0.696. The van der Waals surface area contributed by atoms with E-state index in [4.69, 9.17) is 21.1 Å². The fraction of sp³-hybridized carbons (Fsp3) is 0.412. The predicted octanol–water partition coefficient (Wildman–Crippen LogP) is 4.91. The molecule has 0 radical (unpaired) electrons. The lowest BCUT2D eigenvalue weighted by atomic mass is 9.75. The van der Waals surface area contributed by atoms with Gasteiger partial charge in [0.05, 0.1) is 25.2 Å². The van der Waals surface area contributed by atoms with Crippen molar-refractivity contribution < 1.29 is 19.1 Å². The molecule has 1 fully saturated rings. The van der Waals surface area contributed by atoms with E-state index in [9.17, 15) is 9.59 Å². The largest absolute Gasteiger partial charge is 0.490 e. The van der Waals surface area contributed by atoms with Crippen LogP contribution in [0.4, 0.5) is 5.69 Å². The van der Waals surface area contributed by atoms with Gasteiger partial charge in [-0.1, -0.05) is 35.9 Å². The van der Waals surface area contributed by atoms with Crippen molar-refractivity contribution in [3.8, 4) is 11.5 Å². The van der Waals surface area contributed by atoms with Crippen LogP contribution in [0.1, 0.15) is 52.9 Å². The van der Waals surface area contributed by atoms with Crippen LogP contribution in [0.3, 0.4) is 0 Å². The highest BCUT2D eigenvalue weighted by Gasteiger charge is 2.46. The minimum atomic E-state index is -0.528. The molecule has 0 bridgehead atoms. The maximum Gasteiger partial charge on any atom is 0.254 e. The van der Waals surface area contributed by atoms with E-state index in [2.05, 4.69) is 21.2 Å². The normalized spacial score (nSPS) is 19.7. The van der Waals surface area contributed by atoms with Gasteiger partial charge in [-0.2, -0.15) is 0 Å². The van der Waals surface area contributed by atoms with Crippen LogP contribution in [0.5, 0.6) is 11.5 Å². The molecule has 1 N–H and O–H groups in total. The van der Waals surface area contributed by atoms with E-state index < -0.39 is 12.0 Å². The maximum absolute atomic E-state index is 14.1. The van der Waals surface area contributed by atoms with Gasteiger partial charge in [0.15, 0.2) is 11.5 Å². The Morgan fingerprint density at radius 2 is 1.65 bits per heavy atom. The van der Waals surface area contributed by atoms with Crippen molar-refractivity contribution in [2.24, 2.45) is 0 Å². The number of ether oxygens (including phenoxy) is 2. The third kappa shape index (κ3) is 5.91. The SMILES string of the molecule is CCOc1cc2c(cc1OCC)[C@H]1[C@H](C(=O)NCCN3CCN(c4cccc(Cl)c4)CC3)c3ccccc3C(=O)N1CC2. The van der Waals surface area contributed by atoms with Gasteiger partial charge in [-0.25, -0.2) is 0 Å². The Morgan fingerprint density at radius 1 is 0.907 bits per heavy atom. The Hall–Kier alpha value is -3.75. The fourth-order valence-electron chi connectivity index (χ4n) is 6.70. The van der Waals surface area contributed by atoms with E-state index >= 15 is 0 Å². The van der Waals surface area contributed by atoms with Gasteiger partial charge < -0.3 is 24.6 Å². The molecule has 3 aliphatic heterocycles. The maximum atomic E-state index is 14.1. The van der Waals surface area contributed by atoms with E-state index in [1.807, 2.05) is 73.3 Å². The highest BCUT2D eigenvalue weighted by Crippen LogP contribution is 2.48. The van der Waals surface area contributed by atoms with E-state index in [0.717, 1.165) is 60.1 Å². The molecule has 2 amide bonds. The Balaban J connectivity index is 1.20. The zero-order chi connectivity index (χ0) is 29.9. The number of piperazine rings is 1. The average Bonchev–Trinajstić information content (AvgIpc) is 3.02. The number of carbonyl (C=O) groups excluding carboxylic acids is 2. The number of fused-ring (bicyclic) bond motifs is 4. The molecular weight excluding hydrogens is 564 g/mol. The number of amides is 2. The smallest absolute Gasteiger partial charge is 0.254 e. The molecule has 3 heterocycles. The summed E-state index contributed by atoms with van der Waals surface area (Å²) in [5.41, 5.74) is 4.58. The van der Waals surface area contributed by atoms with Crippen LogP contribution in [0.15, 0.2) is 60.7 Å². The second kappa shape index (κ2) is 12.9. The molecule has 9 heteroatoms. The van der Waals surface area contributed by atoms with E-state index in [1.165, 1.54) is 0 Å². The minimum absolute atomic E-state index is 0.0280. The van der Waals surface area contributed by atoms with Crippen LogP contribution < -0.4 is 19.7 Å². The van der Waals surface area contributed by atoms with Gasteiger partial charge in [-0.15, -0.1) is 0 Å². The van der Waals surface area contributed by atoms with Crippen molar-refractivity contribution in [3.05, 3.63) is 87.9 Å². The summed E-state index contributed by atoms with van der Waals surface area (Å²) in [4.78, 5) is 34.4. The third-order valence-corrected chi connectivity index (χ3v) is 8.98. The lowest BCUT2D eigenvalue weighted by molar-refractivity contribution is -0.124. The molecule has 0 spiro atoms. The van der Waals surface area contributed by atoms with E-state index in [0.29, 0.717) is 49.8 Å². The van der Waals surface area contributed by atoms with Gasteiger partial charge in [0, 0.05) is 62.1 Å². The molecule has 0 unspecified atom stereocenters.